The molecule has 0 bridgehead atoms. The predicted molar refractivity (Wildman–Crippen MR) is 132 cm³/mol. The van der Waals surface area contributed by atoms with E-state index in [9.17, 15) is 0 Å². The van der Waals surface area contributed by atoms with Crippen LogP contribution in [-0.4, -0.2) is 17.5 Å². The molecule has 2 unspecified atom stereocenters. The number of benzene rings is 3. The highest BCUT2D eigenvalue weighted by molar-refractivity contribution is 14.1. The second-order valence-electron chi connectivity index (χ2n) is 8.10. The normalized spacial score (nSPS) is 18.3. The van der Waals surface area contributed by atoms with Crippen molar-refractivity contribution in [2.45, 2.75) is 24.7 Å². The summed E-state index contributed by atoms with van der Waals surface area (Å²) in [5, 5.41) is 3.70. The third-order valence-corrected chi connectivity index (χ3v) is 7.19. The van der Waals surface area contributed by atoms with E-state index < -0.39 is 0 Å². The predicted octanol–water partition coefficient (Wildman–Crippen LogP) is 6.46. The van der Waals surface area contributed by atoms with Gasteiger partial charge in [-0.25, -0.2) is 0 Å². The zero-order valence-corrected chi connectivity index (χ0v) is 19.1. The summed E-state index contributed by atoms with van der Waals surface area (Å²) in [6.45, 7) is 2.28. The molecule has 1 N–H and O–H groups in total. The number of rotatable bonds is 7. The van der Waals surface area contributed by atoms with Crippen LogP contribution in [0.1, 0.15) is 36.0 Å². The van der Waals surface area contributed by atoms with Crippen LogP contribution in [0.4, 0.5) is 0 Å². The molecule has 1 aliphatic rings. The summed E-state index contributed by atoms with van der Waals surface area (Å²) in [5.74, 6) is 1.21. The SMILES string of the molecule is ICCC(C1CCCNC1)C(c1ccccc1)(c1ccccc1)c1ccccc1. The average molecular weight is 495 g/mol. The van der Waals surface area contributed by atoms with Crippen LogP contribution < -0.4 is 5.32 Å². The molecule has 0 aliphatic carbocycles. The molecule has 0 spiro atoms. The molecule has 150 valence electrons. The number of halogens is 1. The van der Waals surface area contributed by atoms with Crippen LogP contribution in [0.5, 0.6) is 0 Å². The summed E-state index contributed by atoms with van der Waals surface area (Å²) in [6.07, 6.45) is 3.80. The van der Waals surface area contributed by atoms with Gasteiger partial charge in [-0.3, -0.25) is 0 Å². The van der Waals surface area contributed by atoms with Gasteiger partial charge < -0.3 is 5.32 Å². The maximum Gasteiger partial charge on any atom is 0.0482 e. The second kappa shape index (κ2) is 9.90. The van der Waals surface area contributed by atoms with Gasteiger partial charge in [-0.1, -0.05) is 114 Å². The average Bonchev–Trinajstić information content (AvgIpc) is 2.82. The molecule has 1 saturated heterocycles. The molecule has 1 nitrogen and oxygen atoms in total. The maximum absolute atomic E-state index is 3.70. The highest BCUT2D eigenvalue weighted by atomic mass is 127. The van der Waals surface area contributed by atoms with Gasteiger partial charge in [0.05, 0.1) is 0 Å². The van der Waals surface area contributed by atoms with E-state index in [1.54, 1.807) is 0 Å². The second-order valence-corrected chi connectivity index (χ2v) is 9.18. The summed E-state index contributed by atoms with van der Waals surface area (Å²) < 4.78 is 1.17. The molecule has 0 aromatic heterocycles. The summed E-state index contributed by atoms with van der Waals surface area (Å²) >= 11 is 2.58. The fraction of sp³-hybridized carbons (Fsp3) is 0.333. The van der Waals surface area contributed by atoms with E-state index in [0.717, 1.165) is 13.1 Å². The molecule has 29 heavy (non-hydrogen) atoms. The number of piperidine rings is 1. The lowest BCUT2D eigenvalue weighted by atomic mass is 9.57. The highest BCUT2D eigenvalue weighted by Crippen LogP contribution is 2.50. The standard InChI is InChI=1S/C27H30IN/c28-19-18-26(22-11-10-20-29-21-22)27(23-12-4-1-5-13-23,24-14-6-2-7-15-24)25-16-8-3-9-17-25/h1-9,12-17,22,26,29H,10-11,18-21H2. The third kappa shape index (κ3) is 4.15. The van der Waals surface area contributed by atoms with Crippen LogP contribution in [-0.2, 0) is 5.41 Å². The number of alkyl halides is 1. The Labute approximate surface area is 189 Å². The van der Waals surface area contributed by atoms with Gasteiger partial charge in [0.25, 0.3) is 0 Å². The molecule has 0 saturated carbocycles. The van der Waals surface area contributed by atoms with E-state index >= 15 is 0 Å². The first-order valence-corrected chi connectivity index (χ1v) is 12.3. The molecule has 2 atom stereocenters. The molecule has 3 aromatic rings. The Morgan fingerprint density at radius 3 is 1.66 bits per heavy atom. The molecular weight excluding hydrogens is 465 g/mol. The summed E-state index contributed by atoms with van der Waals surface area (Å²) in [5.41, 5.74) is 4.10. The van der Waals surface area contributed by atoms with E-state index in [-0.39, 0.29) is 5.41 Å². The van der Waals surface area contributed by atoms with Crippen molar-refractivity contribution in [3.05, 3.63) is 108 Å². The fourth-order valence-electron chi connectivity index (χ4n) is 5.39. The molecule has 1 fully saturated rings. The third-order valence-electron chi connectivity index (χ3n) is 6.57. The van der Waals surface area contributed by atoms with Gasteiger partial charge in [0, 0.05) is 5.41 Å². The lowest BCUT2D eigenvalue weighted by Gasteiger charge is -2.47. The minimum Gasteiger partial charge on any atom is -0.316 e. The Hall–Kier alpha value is -1.65. The number of hydrogen-bond donors (Lipinski definition) is 1. The molecule has 0 radical (unpaired) electrons. The minimum absolute atomic E-state index is 0.140. The first kappa shape index (κ1) is 20.6. The van der Waals surface area contributed by atoms with Crippen molar-refractivity contribution >= 4 is 22.6 Å². The molecule has 2 heteroatoms. The highest BCUT2D eigenvalue weighted by Gasteiger charge is 2.46. The Morgan fingerprint density at radius 1 is 0.793 bits per heavy atom. The van der Waals surface area contributed by atoms with Gasteiger partial charge >= 0.3 is 0 Å². The lowest BCUT2D eigenvalue weighted by molar-refractivity contribution is 0.199. The van der Waals surface area contributed by atoms with Gasteiger partial charge in [-0.2, -0.15) is 0 Å². The van der Waals surface area contributed by atoms with E-state index in [0.29, 0.717) is 11.8 Å². The van der Waals surface area contributed by atoms with Crippen molar-refractivity contribution in [2.24, 2.45) is 11.8 Å². The van der Waals surface area contributed by atoms with Gasteiger partial charge in [0.2, 0.25) is 0 Å². The van der Waals surface area contributed by atoms with Crippen molar-refractivity contribution < 1.29 is 0 Å². The molecule has 3 aromatic carbocycles. The van der Waals surface area contributed by atoms with Crippen LogP contribution in [0.3, 0.4) is 0 Å². The Bertz CT molecular complexity index is 760. The summed E-state index contributed by atoms with van der Waals surface area (Å²) in [6, 6.07) is 33.7. The fourth-order valence-corrected chi connectivity index (χ4v) is 6.06. The summed E-state index contributed by atoms with van der Waals surface area (Å²) in [7, 11) is 0. The van der Waals surface area contributed by atoms with E-state index in [1.165, 1.54) is 40.4 Å². The molecule has 4 rings (SSSR count). The first-order valence-electron chi connectivity index (χ1n) is 10.8. The van der Waals surface area contributed by atoms with Crippen LogP contribution in [0.25, 0.3) is 0 Å². The van der Waals surface area contributed by atoms with Crippen molar-refractivity contribution in [2.75, 3.05) is 17.5 Å². The molecular formula is C27H30IN. The van der Waals surface area contributed by atoms with Crippen molar-refractivity contribution in [3.8, 4) is 0 Å². The van der Waals surface area contributed by atoms with Crippen LogP contribution in [0.2, 0.25) is 0 Å². The van der Waals surface area contributed by atoms with Gasteiger partial charge in [0.15, 0.2) is 0 Å². The first-order chi connectivity index (χ1) is 14.4. The van der Waals surface area contributed by atoms with E-state index in [1.807, 2.05) is 0 Å². The topological polar surface area (TPSA) is 12.0 Å². The Morgan fingerprint density at radius 2 is 1.28 bits per heavy atom. The Kier molecular flexibility index (Phi) is 7.04. The van der Waals surface area contributed by atoms with Crippen molar-refractivity contribution in [1.29, 1.82) is 0 Å². The van der Waals surface area contributed by atoms with Gasteiger partial charge in [0.1, 0.15) is 0 Å². The minimum atomic E-state index is -0.140. The largest absolute Gasteiger partial charge is 0.316 e. The number of nitrogens with one attached hydrogen (secondary N) is 1. The lowest BCUT2D eigenvalue weighted by Crippen LogP contribution is -2.46. The van der Waals surface area contributed by atoms with E-state index in [4.69, 9.17) is 0 Å². The Balaban J connectivity index is 2.00. The van der Waals surface area contributed by atoms with Crippen LogP contribution >= 0.6 is 22.6 Å². The van der Waals surface area contributed by atoms with Crippen molar-refractivity contribution in [3.63, 3.8) is 0 Å². The summed E-state index contributed by atoms with van der Waals surface area (Å²) in [4.78, 5) is 0. The van der Waals surface area contributed by atoms with E-state index in [2.05, 4.69) is 119 Å². The quantitative estimate of drug-likeness (QED) is 0.225. The molecule has 1 heterocycles. The smallest absolute Gasteiger partial charge is 0.0482 e. The maximum atomic E-state index is 3.70. The van der Waals surface area contributed by atoms with Crippen LogP contribution in [0, 0.1) is 11.8 Å². The molecule has 0 amide bonds. The monoisotopic (exact) mass is 495 g/mol. The zero-order valence-electron chi connectivity index (χ0n) is 16.9. The van der Waals surface area contributed by atoms with Gasteiger partial charge in [-0.15, -0.1) is 0 Å². The molecule has 1 aliphatic heterocycles. The van der Waals surface area contributed by atoms with Gasteiger partial charge in [-0.05, 0) is 65.3 Å². The number of hydrogen-bond acceptors (Lipinski definition) is 1. The van der Waals surface area contributed by atoms with Crippen molar-refractivity contribution in [1.82, 2.24) is 5.32 Å². The zero-order chi connectivity index (χ0) is 19.9. The van der Waals surface area contributed by atoms with Crippen LogP contribution in [0.15, 0.2) is 91.0 Å².